The molecule has 9 nitrogen and oxygen atoms in total. The molecule has 1 aromatic carbocycles. The van der Waals surface area contributed by atoms with Gasteiger partial charge in [0, 0.05) is 29.4 Å². The number of nitrogen functional groups attached to an aromatic ring is 2. The maximum absolute atomic E-state index is 12.3. The fourth-order valence-corrected chi connectivity index (χ4v) is 2.39. The number of hydrogen-bond donors (Lipinski definition) is 5. The van der Waals surface area contributed by atoms with Gasteiger partial charge in [0.25, 0.3) is 5.91 Å². The van der Waals surface area contributed by atoms with Crippen LogP contribution in [0.4, 0.5) is 17.1 Å². The van der Waals surface area contributed by atoms with Crippen molar-refractivity contribution in [3.8, 4) is 0 Å². The normalized spacial score (nSPS) is 10.9. The highest BCUT2D eigenvalue weighted by molar-refractivity contribution is 6.01. The van der Waals surface area contributed by atoms with Crippen molar-refractivity contribution in [1.82, 2.24) is 10.3 Å². The summed E-state index contributed by atoms with van der Waals surface area (Å²) in [7, 11) is 0. The molecule has 1 heterocycles. The van der Waals surface area contributed by atoms with E-state index in [1.165, 1.54) is 6.20 Å². The number of benzene rings is 1. The minimum absolute atomic E-state index is 0.0650. The Morgan fingerprint density at radius 3 is 2.33 bits per heavy atom. The first kappa shape index (κ1) is 19.7. The average Bonchev–Trinajstić information content (AvgIpc) is 2.56. The minimum Gasteiger partial charge on any atom is -0.478 e. The molecule has 0 saturated carbocycles. The molecule has 27 heavy (non-hydrogen) atoms. The summed E-state index contributed by atoms with van der Waals surface area (Å²) in [4.78, 5) is 39.5. The van der Waals surface area contributed by atoms with Gasteiger partial charge in [-0.15, -0.1) is 0 Å². The zero-order chi connectivity index (χ0) is 20.2. The number of aromatic carboxylic acids is 1. The van der Waals surface area contributed by atoms with Gasteiger partial charge in [-0.25, -0.2) is 4.79 Å². The van der Waals surface area contributed by atoms with E-state index < -0.39 is 17.4 Å². The molecule has 0 atom stereocenters. The number of carbonyl (C=O) groups excluding carboxylic acids is 2. The molecular weight excluding hydrogens is 350 g/mol. The largest absolute Gasteiger partial charge is 0.478 e. The first-order chi connectivity index (χ1) is 12.6. The van der Waals surface area contributed by atoms with Crippen LogP contribution in [0.2, 0.25) is 0 Å². The van der Waals surface area contributed by atoms with Crippen LogP contribution in [0.1, 0.15) is 41.0 Å². The highest BCUT2D eigenvalue weighted by Gasteiger charge is 2.25. The summed E-state index contributed by atoms with van der Waals surface area (Å²) in [5.74, 6) is -2.04. The second-order valence-corrected chi connectivity index (χ2v) is 6.64. The van der Waals surface area contributed by atoms with Crippen molar-refractivity contribution >= 4 is 34.8 Å². The van der Waals surface area contributed by atoms with E-state index in [9.17, 15) is 14.4 Å². The number of carboxylic acid groups (broad SMARTS) is 1. The Balaban J connectivity index is 2.04. The molecule has 9 heteroatoms. The number of nitrogens with zero attached hydrogens (tertiary/aromatic N) is 1. The van der Waals surface area contributed by atoms with Gasteiger partial charge in [0.15, 0.2) is 0 Å². The average molecular weight is 371 g/mol. The van der Waals surface area contributed by atoms with Crippen molar-refractivity contribution in [3.05, 3.63) is 47.8 Å². The number of nitrogens with two attached hydrogens (primary N) is 2. The monoisotopic (exact) mass is 371 g/mol. The fraction of sp³-hybridized carbons (Fsp3) is 0.222. The Kier molecular flexibility index (Phi) is 5.64. The van der Waals surface area contributed by atoms with Gasteiger partial charge in [0.1, 0.15) is 5.56 Å². The lowest BCUT2D eigenvalue weighted by molar-refractivity contribution is -0.117. The third-order valence-corrected chi connectivity index (χ3v) is 3.72. The minimum atomic E-state index is -1.24. The van der Waals surface area contributed by atoms with E-state index in [2.05, 4.69) is 15.6 Å². The second kappa shape index (κ2) is 7.73. The number of hydrogen-bond acceptors (Lipinski definition) is 6. The maximum Gasteiger partial charge on any atom is 0.339 e. The van der Waals surface area contributed by atoms with Crippen molar-refractivity contribution in [3.63, 3.8) is 0 Å². The predicted octanol–water partition coefficient (Wildman–Crippen LogP) is 1.48. The van der Waals surface area contributed by atoms with Gasteiger partial charge in [-0.05, 0) is 38.1 Å². The number of carbonyl (C=O) groups is 3. The van der Waals surface area contributed by atoms with E-state index in [1.54, 1.807) is 38.1 Å². The molecule has 0 aliphatic rings. The number of aromatic nitrogens is 1. The number of carboxylic acids is 1. The predicted molar refractivity (Wildman–Crippen MR) is 101 cm³/mol. The summed E-state index contributed by atoms with van der Waals surface area (Å²) < 4.78 is 0. The molecule has 0 spiro atoms. The first-order valence-electron chi connectivity index (χ1n) is 8.04. The number of pyridine rings is 1. The molecule has 0 saturated heterocycles. The SMILES string of the molecule is CC(C)(CC(=O)Nc1cncc(C(=O)O)c1N)NC(=O)c1ccc(N)cc1. The highest BCUT2D eigenvalue weighted by atomic mass is 16.4. The van der Waals surface area contributed by atoms with Crippen molar-refractivity contribution < 1.29 is 19.5 Å². The van der Waals surface area contributed by atoms with Crippen LogP contribution in [0.5, 0.6) is 0 Å². The fourth-order valence-electron chi connectivity index (χ4n) is 2.39. The lowest BCUT2D eigenvalue weighted by atomic mass is 9.99. The summed E-state index contributed by atoms with van der Waals surface area (Å²) in [5.41, 5.74) is 11.2. The molecule has 0 aliphatic carbocycles. The standard InChI is InChI=1S/C18H21N5O4/c1-18(2,23-16(25)10-3-5-11(19)6-4-10)7-14(24)22-13-9-21-8-12(15(13)20)17(26)27/h3-6,8-9H,7,19H2,1-2H3,(H2,20,21)(H,22,24)(H,23,25)(H,26,27). The molecule has 7 N–H and O–H groups in total. The Bertz CT molecular complexity index is 878. The van der Waals surface area contributed by atoms with Crippen molar-refractivity contribution in [2.45, 2.75) is 25.8 Å². The molecule has 0 radical (unpaired) electrons. The van der Waals surface area contributed by atoms with Crippen LogP contribution in [0, 0.1) is 0 Å². The van der Waals surface area contributed by atoms with Crippen LogP contribution < -0.4 is 22.1 Å². The molecule has 1 aromatic heterocycles. The van der Waals surface area contributed by atoms with Gasteiger partial charge < -0.3 is 27.2 Å². The Morgan fingerprint density at radius 2 is 1.74 bits per heavy atom. The van der Waals surface area contributed by atoms with Crippen LogP contribution >= 0.6 is 0 Å². The quantitative estimate of drug-likeness (QED) is 0.481. The Hall–Kier alpha value is -3.62. The Labute approximate surface area is 155 Å². The summed E-state index contributed by atoms with van der Waals surface area (Å²) in [6, 6.07) is 6.40. The van der Waals surface area contributed by atoms with Gasteiger partial charge in [0.05, 0.1) is 17.6 Å². The number of rotatable bonds is 6. The summed E-state index contributed by atoms with van der Waals surface area (Å²) in [5, 5.41) is 14.3. The van der Waals surface area contributed by atoms with E-state index in [-0.39, 0.29) is 29.3 Å². The smallest absolute Gasteiger partial charge is 0.339 e. The zero-order valence-corrected chi connectivity index (χ0v) is 14.9. The molecule has 2 aromatic rings. The topological polar surface area (TPSA) is 160 Å². The first-order valence-corrected chi connectivity index (χ1v) is 8.04. The number of amides is 2. The molecule has 0 fully saturated rings. The van der Waals surface area contributed by atoms with Crippen molar-refractivity contribution in [2.75, 3.05) is 16.8 Å². The molecule has 0 unspecified atom stereocenters. The summed E-state index contributed by atoms with van der Waals surface area (Å²) in [6.07, 6.45) is 2.30. The van der Waals surface area contributed by atoms with Gasteiger partial charge in [-0.1, -0.05) is 0 Å². The summed E-state index contributed by atoms with van der Waals surface area (Å²) in [6.45, 7) is 3.38. The van der Waals surface area contributed by atoms with Gasteiger partial charge >= 0.3 is 5.97 Å². The maximum atomic E-state index is 12.3. The molecule has 142 valence electrons. The van der Waals surface area contributed by atoms with Crippen molar-refractivity contribution in [1.29, 1.82) is 0 Å². The zero-order valence-electron chi connectivity index (χ0n) is 14.9. The van der Waals surface area contributed by atoms with Gasteiger partial charge in [-0.2, -0.15) is 0 Å². The van der Waals surface area contributed by atoms with E-state index in [0.29, 0.717) is 11.3 Å². The van der Waals surface area contributed by atoms with Gasteiger partial charge in [0.2, 0.25) is 5.91 Å². The van der Waals surface area contributed by atoms with Crippen LogP contribution in [-0.2, 0) is 4.79 Å². The van der Waals surface area contributed by atoms with E-state index in [4.69, 9.17) is 16.6 Å². The highest BCUT2D eigenvalue weighted by Crippen LogP contribution is 2.22. The molecule has 0 aliphatic heterocycles. The van der Waals surface area contributed by atoms with E-state index >= 15 is 0 Å². The third kappa shape index (κ3) is 5.18. The second-order valence-electron chi connectivity index (χ2n) is 6.64. The molecule has 2 rings (SSSR count). The van der Waals surface area contributed by atoms with Crippen LogP contribution in [0.3, 0.4) is 0 Å². The van der Waals surface area contributed by atoms with Crippen LogP contribution in [0.25, 0.3) is 0 Å². The third-order valence-electron chi connectivity index (χ3n) is 3.72. The van der Waals surface area contributed by atoms with Crippen LogP contribution in [0.15, 0.2) is 36.7 Å². The number of nitrogens with one attached hydrogen (secondary N) is 2. The summed E-state index contributed by atoms with van der Waals surface area (Å²) >= 11 is 0. The molecule has 0 bridgehead atoms. The van der Waals surface area contributed by atoms with Crippen LogP contribution in [-0.4, -0.2) is 33.4 Å². The van der Waals surface area contributed by atoms with E-state index in [0.717, 1.165) is 6.20 Å². The lowest BCUT2D eigenvalue weighted by Crippen LogP contribution is -2.45. The Morgan fingerprint density at radius 1 is 1.11 bits per heavy atom. The molecule has 2 amide bonds. The van der Waals surface area contributed by atoms with Crippen molar-refractivity contribution in [2.24, 2.45) is 0 Å². The lowest BCUT2D eigenvalue weighted by Gasteiger charge is -2.26. The number of anilines is 3. The molecular formula is C18H21N5O4. The van der Waals surface area contributed by atoms with E-state index in [1.807, 2.05) is 0 Å². The van der Waals surface area contributed by atoms with Gasteiger partial charge in [-0.3, -0.25) is 14.6 Å².